The topological polar surface area (TPSA) is 35.5 Å². The maximum absolute atomic E-state index is 12.2. The third-order valence-corrected chi connectivity index (χ3v) is 4.05. The quantitative estimate of drug-likeness (QED) is 0.579. The molecule has 3 rings (SSSR count). The fourth-order valence-corrected chi connectivity index (χ4v) is 2.71. The Morgan fingerprint density at radius 3 is 2.56 bits per heavy atom. The Labute approximate surface area is 151 Å². The summed E-state index contributed by atoms with van der Waals surface area (Å²) in [6, 6.07) is 18.9. The number of benzene rings is 3. The van der Waals surface area contributed by atoms with E-state index in [1.807, 2.05) is 66.7 Å². The Bertz CT molecular complexity index is 914. The molecule has 0 saturated carbocycles. The first kappa shape index (κ1) is 17.1. The molecule has 0 heterocycles. The molecule has 3 nitrogen and oxygen atoms in total. The third-order valence-electron chi connectivity index (χ3n) is 3.80. The van der Waals surface area contributed by atoms with Crippen molar-refractivity contribution < 1.29 is 14.3 Å². The van der Waals surface area contributed by atoms with Gasteiger partial charge in [-0.05, 0) is 40.6 Å². The molecule has 0 spiro atoms. The first-order chi connectivity index (χ1) is 12.2. The monoisotopic (exact) mass is 352 g/mol. The lowest BCUT2D eigenvalue weighted by molar-refractivity contribution is 0.0599. The second kappa shape index (κ2) is 7.86. The molecule has 0 aromatic heterocycles. The normalized spacial score (nSPS) is 11.0. The second-order valence-electron chi connectivity index (χ2n) is 5.42. The fraction of sp³-hybridized carbons (Fsp3) is 0.0952. The van der Waals surface area contributed by atoms with Crippen molar-refractivity contribution in [3.63, 3.8) is 0 Å². The van der Waals surface area contributed by atoms with E-state index in [2.05, 4.69) is 0 Å². The van der Waals surface area contributed by atoms with Gasteiger partial charge >= 0.3 is 5.97 Å². The van der Waals surface area contributed by atoms with E-state index >= 15 is 0 Å². The van der Waals surface area contributed by atoms with Gasteiger partial charge in [0.15, 0.2) is 0 Å². The Balaban J connectivity index is 1.81. The molecule has 0 fully saturated rings. The van der Waals surface area contributed by atoms with Crippen molar-refractivity contribution in [2.45, 2.75) is 0 Å². The molecule has 3 aromatic carbocycles. The Morgan fingerprint density at radius 2 is 1.80 bits per heavy atom. The van der Waals surface area contributed by atoms with Crippen molar-refractivity contribution >= 4 is 34.4 Å². The molecule has 0 unspecified atom stereocenters. The van der Waals surface area contributed by atoms with Gasteiger partial charge in [0.2, 0.25) is 0 Å². The predicted octanol–water partition coefficient (Wildman–Crippen LogP) is 5.37. The van der Waals surface area contributed by atoms with Crippen LogP contribution in [0.1, 0.15) is 15.9 Å². The zero-order valence-electron chi connectivity index (χ0n) is 13.7. The molecule has 25 heavy (non-hydrogen) atoms. The van der Waals surface area contributed by atoms with Crippen LogP contribution in [0, 0.1) is 0 Å². The number of fused-ring (bicyclic) bond motifs is 1. The minimum Gasteiger partial charge on any atom is -0.489 e. The average Bonchev–Trinajstić information content (AvgIpc) is 2.65. The fourth-order valence-electron chi connectivity index (χ4n) is 2.58. The van der Waals surface area contributed by atoms with Crippen LogP contribution < -0.4 is 4.74 Å². The number of methoxy groups -OCH3 is 1. The lowest BCUT2D eigenvalue weighted by Gasteiger charge is -2.11. The van der Waals surface area contributed by atoms with Crippen LogP contribution >= 0.6 is 11.6 Å². The van der Waals surface area contributed by atoms with Crippen molar-refractivity contribution in [1.29, 1.82) is 0 Å². The summed E-state index contributed by atoms with van der Waals surface area (Å²) in [5.74, 6) is 0.0970. The van der Waals surface area contributed by atoms with Gasteiger partial charge in [0, 0.05) is 5.02 Å². The van der Waals surface area contributed by atoms with E-state index in [4.69, 9.17) is 21.1 Å². The summed E-state index contributed by atoms with van der Waals surface area (Å²) in [4.78, 5) is 12.2. The number of hydrogen-bond donors (Lipinski definition) is 0. The summed E-state index contributed by atoms with van der Waals surface area (Å²) >= 11 is 5.87. The van der Waals surface area contributed by atoms with Crippen molar-refractivity contribution in [3.8, 4) is 5.75 Å². The molecule has 0 saturated heterocycles. The molecule has 0 aliphatic heterocycles. The van der Waals surface area contributed by atoms with Crippen LogP contribution in [-0.4, -0.2) is 19.7 Å². The number of halogens is 1. The van der Waals surface area contributed by atoms with Gasteiger partial charge in [0.05, 0.1) is 7.11 Å². The average molecular weight is 353 g/mol. The van der Waals surface area contributed by atoms with Gasteiger partial charge in [-0.1, -0.05) is 60.1 Å². The van der Waals surface area contributed by atoms with E-state index in [9.17, 15) is 4.79 Å². The van der Waals surface area contributed by atoms with Crippen molar-refractivity contribution in [2.75, 3.05) is 13.7 Å². The van der Waals surface area contributed by atoms with Crippen LogP contribution in [0.5, 0.6) is 5.75 Å². The molecule has 4 heteroatoms. The standard InChI is InChI=1S/C21H17ClO3/c1-24-21(23)20-18-7-3-2-6-16(18)10-13-19(20)25-14-4-5-15-8-11-17(22)12-9-15/h2-13H,14H2,1H3/b5-4+. The predicted molar refractivity (Wildman–Crippen MR) is 101 cm³/mol. The maximum atomic E-state index is 12.2. The summed E-state index contributed by atoms with van der Waals surface area (Å²) in [5, 5.41) is 2.48. The van der Waals surface area contributed by atoms with E-state index in [-0.39, 0.29) is 0 Å². The summed E-state index contributed by atoms with van der Waals surface area (Å²) in [5.41, 5.74) is 1.47. The number of carbonyl (C=O) groups excluding carboxylic acids is 1. The number of esters is 1. The van der Waals surface area contributed by atoms with Crippen LogP contribution in [0.3, 0.4) is 0 Å². The molecule has 0 atom stereocenters. The van der Waals surface area contributed by atoms with Crippen LogP contribution in [0.25, 0.3) is 16.8 Å². The van der Waals surface area contributed by atoms with E-state index in [1.165, 1.54) is 7.11 Å². The SMILES string of the molecule is COC(=O)c1c(OC/C=C/c2ccc(Cl)cc2)ccc2ccccc12. The van der Waals surface area contributed by atoms with Crippen LogP contribution in [-0.2, 0) is 4.74 Å². The zero-order valence-corrected chi connectivity index (χ0v) is 14.5. The van der Waals surface area contributed by atoms with Crippen molar-refractivity contribution in [1.82, 2.24) is 0 Å². The zero-order chi connectivity index (χ0) is 17.6. The smallest absolute Gasteiger partial charge is 0.342 e. The Hall–Kier alpha value is -2.78. The summed E-state index contributed by atoms with van der Waals surface area (Å²) in [6.07, 6.45) is 3.83. The van der Waals surface area contributed by atoms with E-state index in [0.717, 1.165) is 16.3 Å². The number of ether oxygens (including phenoxy) is 2. The molecule has 0 amide bonds. The lowest BCUT2D eigenvalue weighted by atomic mass is 10.0. The Morgan fingerprint density at radius 1 is 1.04 bits per heavy atom. The van der Waals surface area contributed by atoms with Crippen molar-refractivity contribution in [2.24, 2.45) is 0 Å². The molecule has 0 aliphatic carbocycles. The third kappa shape index (κ3) is 4.01. The molecular formula is C21H17ClO3. The van der Waals surface area contributed by atoms with Crippen LogP contribution in [0.2, 0.25) is 5.02 Å². The summed E-state index contributed by atoms with van der Waals surface area (Å²) < 4.78 is 10.7. The molecule has 126 valence electrons. The van der Waals surface area contributed by atoms with Gasteiger partial charge < -0.3 is 9.47 Å². The highest BCUT2D eigenvalue weighted by molar-refractivity contribution is 6.30. The highest BCUT2D eigenvalue weighted by Crippen LogP contribution is 2.28. The van der Waals surface area contributed by atoms with E-state index in [1.54, 1.807) is 6.07 Å². The lowest BCUT2D eigenvalue weighted by Crippen LogP contribution is -2.06. The van der Waals surface area contributed by atoms with Gasteiger partial charge in [-0.25, -0.2) is 4.79 Å². The van der Waals surface area contributed by atoms with Crippen LogP contribution in [0.15, 0.2) is 66.7 Å². The van der Waals surface area contributed by atoms with Gasteiger partial charge in [-0.15, -0.1) is 0 Å². The van der Waals surface area contributed by atoms with E-state index < -0.39 is 5.97 Å². The first-order valence-corrected chi connectivity index (χ1v) is 8.22. The largest absolute Gasteiger partial charge is 0.489 e. The number of carbonyl (C=O) groups is 1. The van der Waals surface area contributed by atoms with Gasteiger partial charge in [0.1, 0.15) is 17.9 Å². The Kier molecular flexibility index (Phi) is 5.36. The summed E-state index contributed by atoms with van der Waals surface area (Å²) in [6.45, 7) is 0.338. The molecule has 0 bridgehead atoms. The summed E-state index contributed by atoms with van der Waals surface area (Å²) in [7, 11) is 1.37. The van der Waals surface area contributed by atoms with Gasteiger partial charge in [0.25, 0.3) is 0 Å². The first-order valence-electron chi connectivity index (χ1n) is 7.84. The molecule has 0 radical (unpaired) electrons. The second-order valence-corrected chi connectivity index (χ2v) is 5.85. The van der Waals surface area contributed by atoms with Gasteiger partial charge in [-0.2, -0.15) is 0 Å². The number of rotatable bonds is 5. The van der Waals surface area contributed by atoms with Gasteiger partial charge in [-0.3, -0.25) is 0 Å². The highest BCUT2D eigenvalue weighted by Gasteiger charge is 2.16. The molecular weight excluding hydrogens is 336 g/mol. The molecule has 0 N–H and O–H groups in total. The van der Waals surface area contributed by atoms with Crippen molar-refractivity contribution in [3.05, 3.63) is 82.9 Å². The highest BCUT2D eigenvalue weighted by atomic mass is 35.5. The van der Waals surface area contributed by atoms with E-state index in [0.29, 0.717) is 22.9 Å². The molecule has 3 aromatic rings. The maximum Gasteiger partial charge on any atom is 0.342 e. The number of hydrogen-bond acceptors (Lipinski definition) is 3. The minimum atomic E-state index is -0.409. The minimum absolute atomic E-state index is 0.338. The molecule has 0 aliphatic rings. The van der Waals surface area contributed by atoms with Crippen LogP contribution in [0.4, 0.5) is 0 Å².